The predicted octanol–water partition coefficient (Wildman–Crippen LogP) is -0.417. The molecule has 2 aliphatic rings. The van der Waals surface area contributed by atoms with Crippen molar-refractivity contribution in [2.24, 2.45) is 0 Å². The maximum atomic E-state index is 13.1. The van der Waals surface area contributed by atoms with Gasteiger partial charge in [0.25, 0.3) is 5.91 Å². The number of carbonyl (C=O) groups excluding carboxylic acids is 2. The molecule has 0 radical (unpaired) electrons. The lowest BCUT2D eigenvalue weighted by molar-refractivity contribution is -0.130. The summed E-state index contributed by atoms with van der Waals surface area (Å²) in [5.74, 6) is -0.0553. The molecule has 204 valence electrons. The van der Waals surface area contributed by atoms with Gasteiger partial charge in [-0.05, 0) is 45.3 Å². The molecular weight excluding hydrogens is 490 g/mol. The summed E-state index contributed by atoms with van der Waals surface area (Å²) in [5, 5.41) is 2.97. The number of ether oxygens (including phenoxy) is 2. The van der Waals surface area contributed by atoms with Crippen LogP contribution in [0.2, 0.25) is 0 Å². The number of likely N-dealkylation sites (tertiary alicyclic amines) is 2. The summed E-state index contributed by atoms with van der Waals surface area (Å²) in [7, 11) is 0.415. The predicted molar refractivity (Wildman–Crippen MR) is 135 cm³/mol. The molecule has 0 unspecified atom stereocenters. The van der Waals surface area contributed by atoms with E-state index < -0.39 is 15.9 Å². The molecule has 6 N–H and O–H groups in total. The number of nitrogens with zero attached hydrogens (tertiary/aromatic N) is 2. The highest BCUT2D eigenvalue weighted by Crippen LogP contribution is 2.29. The maximum Gasteiger partial charge on any atom is 0.255 e. The number of amides is 2. The third kappa shape index (κ3) is 7.07. The first-order valence-corrected chi connectivity index (χ1v) is 13.4. The Hall–Kier alpha value is -2.45. The van der Waals surface area contributed by atoms with E-state index in [1.807, 2.05) is 4.90 Å². The van der Waals surface area contributed by atoms with E-state index in [1.165, 1.54) is 26.3 Å². The van der Waals surface area contributed by atoms with Crippen LogP contribution >= 0.6 is 0 Å². The number of nitrogens with two attached hydrogens (primary N) is 1. The smallest absolute Gasteiger partial charge is 0.255 e. The molecule has 13 heteroatoms. The number of hydrogen-bond acceptors (Lipinski definition) is 8. The van der Waals surface area contributed by atoms with E-state index in [9.17, 15) is 18.0 Å². The van der Waals surface area contributed by atoms with E-state index >= 15 is 0 Å². The number of hydrogen-bond donors (Lipinski definition) is 3. The van der Waals surface area contributed by atoms with Crippen LogP contribution in [-0.2, 0) is 19.6 Å². The molecule has 2 amide bonds. The molecule has 0 aromatic heterocycles. The average Bonchev–Trinajstić information content (AvgIpc) is 3.39. The molecule has 3 rings (SSSR count). The van der Waals surface area contributed by atoms with Crippen LogP contribution < -0.4 is 20.5 Å². The van der Waals surface area contributed by atoms with E-state index in [2.05, 4.69) is 14.9 Å². The standard InChI is InChI=1S/C23H37N5O6S.H2O/c1-25-35(31,32)21-13-16(19(33-2)14-17(21)24)23(30)26-18-8-12-27(15-20(18)34-3)9-6-7-22(29)28-10-4-5-11-28;/h13-14,18,20,25H,4-12,15,24H2,1-3H3,(H,26,30);1H2/t18-,20+;/m0./s1. The Morgan fingerprint density at radius 3 is 2.47 bits per heavy atom. The van der Waals surface area contributed by atoms with Crippen molar-refractivity contribution in [2.75, 3.05) is 59.7 Å². The van der Waals surface area contributed by atoms with Gasteiger partial charge in [-0.25, -0.2) is 13.1 Å². The van der Waals surface area contributed by atoms with Crippen molar-refractivity contribution in [1.29, 1.82) is 0 Å². The second-order valence-electron chi connectivity index (χ2n) is 8.93. The minimum Gasteiger partial charge on any atom is -0.496 e. The van der Waals surface area contributed by atoms with Crippen LogP contribution in [0.25, 0.3) is 0 Å². The quantitative estimate of drug-likeness (QED) is 0.343. The van der Waals surface area contributed by atoms with Gasteiger partial charge in [0.1, 0.15) is 10.6 Å². The molecule has 0 aliphatic carbocycles. The summed E-state index contributed by atoms with van der Waals surface area (Å²) < 4.78 is 37.8. The molecule has 2 atom stereocenters. The van der Waals surface area contributed by atoms with Crippen LogP contribution in [0.15, 0.2) is 17.0 Å². The number of sulfonamides is 1. The summed E-state index contributed by atoms with van der Waals surface area (Å²) in [6.07, 6.45) is 3.92. The first kappa shape index (κ1) is 29.8. The van der Waals surface area contributed by atoms with Gasteiger partial charge in [-0.15, -0.1) is 0 Å². The Bertz CT molecular complexity index is 1010. The Kier molecular flexibility index (Phi) is 10.9. The van der Waals surface area contributed by atoms with Gasteiger partial charge in [0, 0.05) is 45.8 Å². The van der Waals surface area contributed by atoms with Gasteiger partial charge in [0.05, 0.1) is 30.5 Å². The van der Waals surface area contributed by atoms with Crippen LogP contribution in [0.1, 0.15) is 42.5 Å². The first-order chi connectivity index (χ1) is 16.7. The summed E-state index contributed by atoms with van der Waals surface area (Å²) in [5.41, 5.74) is 5.95. The van der Waals surface area contributed by atoms with Crippen molar-refractivity contribution in [1.82, 2.24) is 19.8 Å². The van der Waals surface area contributed by atoms with Gasteiger partial charge in [-0.2, -0.15) is 0 Å². The van der Waals surface area contributed by atoms with Gasteiger partial charge in [0.2, 0.25) is 15.9 Å². The van der Waals surface area contributed by atoms with E-state index in [0.29, 0.717) is 19.4 Å². The fraction of sp³-hybridized carbons (Fsp3) is 0.652. The zero-order valence-corrected chi connectivity index (χ0v) is 22.0. The van der Waals surface area contributed by atoms with Crippen molar-refractivity contribution >= 4 is 27.5 Å². The lowest BCUT2D eigenvalue weighted by Gasteiger charge is -2.38. The molecule has 12 nitrogen and oxygen atoms in total. The molecule has 2 fully saturated rings. The molecule has 2 saturated heterocycles. The van der Waals surface area contributed by atoms with Crippen molar-refractivity contribution < 1.29 is 33.0 Å². The summed E-state index contributed by atoms with van der Waals surface area (Å²) in [6, 6.07) is 2.30. The van der Waals surface area contributed by atoms with Gasteiger partial charge >= 0.3 is 0 Å². The summed E-state index contributed by atoms with van der Waals surface area (Å²) in [6.45, 7) is 3.91. The van der Waals surface area contributed by atoms with Crippen LogP contribution in [0, 0.1) is 0 Å². The normalized spacial score (nSPS) is 20.6. The molecular formula is C23H39N5O7S. The Morgan fingerprint density at radius 2 is 1.86 bits per heavy atom. The number of carbonyl (C=O) groups is 2. The number of benzene rings is 1. The lowest BCUT2D eigenvalue weighted by Crippen LogP contribution is -2.55. The van der Waals surface area contributed by atoms with Crippen LogP contribution in [0.4, 0.5) is 5.69 Å². The van der Waals surface area contributed by atoms with Crippen molar-refractivity contribution in [3.63, 3.8) is 0 Å². The maximum absolute atomic E-state index is 13.1. The molecule has 36 heavy (non-hydrogen) atoms. The van der Waals surface area contributed by atoms with E-state index in [0.717, 1.165) is 45.4 Å². The number of anilines is 1. The van der Waals surface area contributed by atoms with Crippen LogP contribution in [0.3, 0.4) is 0 Å². The van der Waals surface area contributed by atoms with E-state index in [-0.39, 0.29) is 45.4 Å². The minimum atomic E-state index is -3.86. The highest BCUT2D eigenvalue weighted by Gasteiger charge is 2.32. The van der Waals surface area contributed by atoms with E-state index in [1.54, 1.807) is 7.11 Å². The molecule has 2 aliphatic heterocycles. The van der Waals surface area contributed by atoms with Crippen molar-refractivity contribution in [3.8, 4) is 5.75 Å². The Labute approximate surface area is 212 Å². The summed E-state index contributed by atoms with van der Waals surface area (Å²) >= 11 is 0. The second kappa shape index (κ2) is 13.2. The molecule has 0 saturated carbocycles. The first-order valence-electron chi connectivity index (χ1n) is 11.9. The number of nitrogen functional groups attached to an aromatic ring is 1. The van der Waals surface area contributed by atoms with Gasteiger partial charge in [-0.3, -0.25) is 9.59 Å². The Morgan fingerprint density at radius 1 is 1.17 bits per heavy atom. The van der Waals surface area contributed by atoms with Gasteiger partial charge in [0.15, 0.2) is 0 Å². The van der Waals surface area contributed by atoms with Crippen LogP contribution in [-0.4, -0.2) is 102 Å². The highest BCUT2D eigenvalue weighted by molar-refractivity contribution is 7.89. The molecule has 0 spiro atoms. The SMILES string of the molecule is CNS(=O)(=O)c1cc(C(=O)N[C@H]2CCN(CCCC(=O)N3CCCC3)C[C@H]2OC)c(OC)cc1N.O. The third-order valence-corrected chi connectivity index (χ3v) is 8.19. The molecule has 0 bridgehead atoms. The largest absolute Gasteiger partial charge is 0.496 e. The number of piperidine rings is 1. The van der Waals surface area contributed by atoms with Gasteiger partial charge < -0.3 is 35.8 Å². The lowest BCUT2D eigenvalue weighted by atomic mass is 10.0. The molecule has 2 heterocycles. The topological polar surface area (TPSA) is 175 Å². The van der Waals surface area contributed by atoms with Crippen LogP contribution in [0.5, 0.6) is 5.75 Å². The number of nitrogens with one attached hydrogen (secondary N) is 2. The van der Waals surface area contributed by atoms with Crippen molar-refractivity contribution in [3.05, 3.63) is 17.7 Å². The second-order valence-corrected chi connectivity index (χ2v) is 10.8. The zero-order chi connectivity index (χ0) is 25.6. The summed E-state index contributed by atoms with van der Waals surface area (Å²) in [4.78, 5) is 29.4. The van der Waals surface area contributed by atoms with Crippen molar-refractivity contribution in [2.45, 2.75) is 49.1 Å². The number of rotatable bonds is 10. The number of methoxy groups -OCH3 is 2. The zero-order valence-electron chi connectivity index (χ0n) is 21.2. The third-order valence-electron chi connectivity index (χ3n) is 6.72. The van der Waals surface area contributed by atoms with E-state index in [4.69, 9.17) is 15.2 Å². The highest BCUT2D eigenvalue weighted by atomic mass is 32.2. The molecule has 1 aromatic carbocycles. The minimum absolute atomic E-state index is 0. The average molecular weight is 530 g/mol. The molecule has 1 aromatic rings. The monoisotopic (exact) mass is 529 g/mol. The van der Waals surface area contributed by atoms with Gasteiger partial charge in [-0.1, -0.05) is 0 Å². The fourth-order valence-electron chi connectivity index (χ4n) is 4.68. The Balaban J connectivity index is 0.00000456. The fourth-order valence-corrected chi connectivity index (χ4v) is 5.54.